The summed E-state index contributed by atoms with van der Waals surface area (Å²) in [6.07, 6.45) is 3.05. The highest BCUT2D eigenvalue weighted by Crippen LogP contribution is 2.40. The van der Waals surface area contributed by atoms with E-state index in [9.17, 15) is 4.79 Å². The van der Waals surface area contributed by atoms with Crippen LogP contribution in [-0.2, 0) is 27.3 Å². The molecule has 0 spiro atoms. The summed E-state index contributed by atoms with van der Waals surface area (Å²) in [6.45, 7) is 7.17. The molecule has 28 heavy (non-hydrogen) atoms. The SMILES string of the molecule is CCOC(=O)CSc1nnc2c3c4c(sc3nc(SC)n12)CO[C@@H](C(C)C)C4. The molecule has 0 fully saturated rings. The Morgan fingerprint density at radius 3 is 2.93 bits per heavy atom. The Morgan fingerprint density at radius 2 is 2.21 bits per heavy atom. The van der Waals surface area contributed by atoms with Gasteiger partial charge in [0.1, 0.15) is 4.83 Å². The minimum atomic E-state index is -0.256. The van der Waals surface area contributed by atoms with Gasteiger partial charge in [-0.1, -0.05) is 37.4 Å². The number of hydrogen-bond donors (Lipinski definition) is 0. The summed E-state index contributed by atoms with van der Waals surface area (Å²) < 4.78 is 13.0. The second kappa shape index (κ2) is 8.17. The topological polar surface area (TPSA) is 78.6 Å². The first-order valence-electron chi connectivity index (χ1n) is 9.16. The number of ether oxygens (including phenoxy) is 2. The monoisotopic (exact) mass is 438 g/mol. The Bertz CT molecular complexity index is 1030. The van der Waals surface area contributed by atoms with Gasteiger partial charge < -0.3 is 9.47 Å². The normalized spacial score (nSPS) is 16.8. The van der Waals surface area contributed by atoms with E-state index in [2.05, 4.69) is 24.0 Å². The number of hydrogen-bond acceptors (Lipinski definition) is 9. The molecule has 0 saturated carbocycles. The van der Waals surface area contributed by atoms with E-state index in [0.717, 1.165) is 27.4 Å². The van der Waals surface area contributed by atoms with Crippen LogP contribution in [0.5, 0.6) is 0 Å². The van der Waals surface area contributed by atoms with Crippen molar-refractivity contribution in [3.63, 3.8) is 0 Å². The van der Waals surface area contributed by atoms with Crippen molar-refractivity contribution in [2.45, 2.75) is 50.2 Å². The quantitative estimate of drug-likeness (QED) is 0.327. The number of carbonyl (C=O) groups excluding carboxylic acids is 1. The first-order valence-corrected chi connectivity index (χ1v) is 12.2. The first-order chi connectivity index (χ1) is 13.5. The summed E-state index contributed by atoms with van der Waals surface area (Å²) in [5.41, 5.74) is 2.09. The highest BCUT2D eigenvalue weighted by Gasteiger charge is 2.29. The van der Waals surface area contributed by atoms with E-state index < -0.39 is 0 Å². The molecule has 1 aliphatic heterocycles. The van der Waals surface area contributed by atoms with Crippen molar-refractivity contribution in [3.05, 3.63) is 10.4 Å². The Hall–Kier alpha value is -1.36. The maximum absolute atomic E-state index is 11.8. The van der Waals surface area contributed by atoms with Crippen molar-refractivity contribution in [2.24, 2.45) is 5.92 Å². The Labute approximate surface area is 175 Å². The minimum absolute atomic E-state index is 0.200. The van der Waals surface area contributed by atoms with Crippen molar-refractivity contribution in [1.82, 2.24) is 19.6 Å². The molecule has 1 atom stereocenters. The fraction of sp³-hybridized carbons (Fsp3) is 0.556. The summed E-state index contributed by atoms with van der Waals surface area (Å²) in [7, 11) is 0. The molecule has 4 heterocycles. The van der Waals surface area contributed by atoms with Gasteiger partial charge in [0, 0.05) is 11.3 Å². The molecule has 3 aromatic heterocycles. The molecule has 0 aromatic carbocycles. The van der Waals surface area contributed by atoms with Gasteiger partial charge in [0.05, 0.1) is 30.5 Å². The molecule has 7 nitrogen and oxygen atoms in total. The highest BCUT2D eigenvalue weighted by atomic mass is 32.2. The molecule has 0 N–H and O–H groups in total. The van der Waals surface area contributed by atoms with Crippen LogP contribution in [0.1, 0.15) is 31.2 Å². The number of esters is 1. The summed E-state index contributed by atoms with van der Waals surface area (Å²) >= 11 is 4.55. The van der Waals surface area contributed by atoms with E-state index in [0.29, 0.717) is 24.3 Å². The Balaban J connectivity index is 1.80. The van der Waals surface area contributed by atoms with Crippen LogP contribution in [0.3, 0.4) is 0 Å². The molecule has 0 saturated heterocycles. The molecule has 0 aliphatic carbocycles. The predicted molar refractivity (Wildman–Crippen MR) is 112 cm³/mol. The van der Waals surface area contributed by atoms with E-state index in [1.54, 1.807) is 30.0 Å². The molecule has 3 aromatic rings. The highest BCUT2D eigenvalue weighted by molar-refractivity contribution is 8.00. The standard InChI is InChI=1S/C18H22N4O3S3/c1-5-24-13(23)8-27-18-21-20-15-14-10-6-11(9(2)3)25-7-12(10)28-16(14)19-17(26-4)22(15)18/h9,11H,5-8H2,1-4H3/t11-/m1/s1. The van der Waals surface area contributed by atoms with Crippen LogP contribution in [0, 0.1) is 5.92 Å². The van der Waals surface area contributed by atoms with E-state index in [-0.39, 0.29) is 17.8 Å². The smallest absolute Gasteiger partial charge is 0.316 e. The van der Waals surface area contributed by atoms with Crippen LogP contribution < -0.4 is 0 Å². The number of nitrogens with zero attached hydrogens (tertiary/aromatic N) is 4. The van der Waals surface area contributed by atoms with Crippen LogP contribution in [0.25, 0.3) is 15.9 Å². The zero-order valence-corrected chi connectivity index (χ0v) is 18.7. The average Bonchev–Trinajstić information content (AvgIpc) is 3.26. The van der Waals surface area contributed by atoms with Gasteiger partial charge in [0.25, 0.3) is 0 Å². The summed E-state index contributed by atoms with van der Waals surface area (Å²) in [4.78, 5) is 18.8. The Morgan fingerprint density at radius 1 is 1.39 bits per heavy atom. The lowest BCUT2D eigenvalue weighted by molar-refractivity contribution is -0.139. The fourth-order valence-corrected chi connectivity index (χ4v) is 5.81. The van der Waals surface area contributed by atoms with E-state index >= 15 is 0 Å². The molecule has 0 unspecified atom stereocenters. The van der Waals surface area contributed by atoms with Crippen molar-refractivity contribution >= 4 is 56.7 Å². The van der Waals surface area contributed by atoms with Gasteiger partial charge in [-0.15, -0.1) is 21.5 Å². The third-order valence-electron chi connectivity index (χ3n) is 4.70. The lowest BCUT2D eigenvalue weighted by atomic mass is 9.96. The van der Waals surface area contributed by atoms with Crippen molar-refractivity contribution in [1.29, 1.82) is 0 Å². The average molecular weight is 439 g/mol. The predicted octanol–water partition coefficient (Wildman–Crippen LogP) is 3.81. The van der Waals surface area contributed by atoms with Gasteiger partial charge in [-0.2, -0.15) is 0 Å². The summed E-state index contributed by atoms with van der Waals surface area (Å²) in [6, 6.07) is 0. The molecular formula is C18H22N4O3S3. The Kier molecular flexibility index (Phi) is 5.82. The maximum atomic E-state index is 11.8. The molecule has 1 aliphatic rings. The van der Waals surface area contributed by atoms with E-state index in [4.69, 9.17) is 14.5 Å². The van der Waals surface area contributed by atoms with Crippen LogP contribution in [0.4, 0.5) is 0 Å². The minimum Gasteiger partial charge on any atom is -0.465 e. The number of aromatic nitrogens is 4. The molecular weight excluding hydrogens is 416 g/mol. The van der Waals surface area contributed by atoms with Crippen LogP contribution >= 0.6 is 34.9 Å². The molecule has 10 heteroatoms. The van der Waals surface area contributed by atoms with E-state index in [1.165, 1.54) is 22.2 Å². The zero-order chi connectivity index (χ0) is 19.8. The van der Waals surface area contributed by atoms with Crippen LogP contribution in [0.2, 0.25) is 0 Å². The molecule has 4 rings (SSSR count). The lowest BCUT2D eigenvalue weighted by Gasteiger charge is -2.26. The van der Waals surface area contributed by atoms with Crippen molar-refractivity contribution < 1.29 is 14.3 Å². The summed E-state index contributed by atoms with van der Waals surface area (Å²) in [5.74, 6) is 0.394. The first kappa shape index (κ1) is 19.9. The number of carbonyl (C=O) groups is 1. The van der Waals surface area contributed by atoms with Gasteiger partial charge in [-0.25, -0.2) is 9.38 Å². The van der Waals surface area contributed by atoms with Gasteiger partial charge in [0.2, 0.25) is 0 Å². The molecule has 0 radical (unpaired) electrons. The summed E-state index contributed by atoms with van der Waals surface area (Å²) in [5, 5.41) is 11.4. The molecule has 0 bridgehead atoms. The largest absolute Gasteiger partial charge is 0.465 e. The van der Waals surface area contributed by atoms with Gasteiger partial charge in [0.15, 0.2) is 16.0 Å². The number of rotatable bonds is 6. The number of thioether (sulfide) groups is 2. The maximum Gasteiger partial charge on any atom is 0.316 e. The number of fused-ring (bicyclic) bond motifs is 5. The third kappa shape index (κ3) is 3.51. The van der Waals surface area contributed by atoms with Crippen LogP contribution in [0.15, 0.2) is 10.3 Å². The number of thiophene rings is 1. The zero-order valence-electron chi connectivity index (χ0n) is 16.2. The second-order valence-electron chi connectivity index (χ2n) is 6.82. The lowest BCUT2D eigenvalue weighted by Crippen LogP contribution is -2.26. The fourth-order valence-electron chi connectivity index (χ4n) is 3.31. The van der Waals surface area contributed by atoms with E-state index in [1.807, 2.05) is 10.7 Å². The molecule has 0 amide bonds. The van der Waals surface area contributed by atoms with Crippen molar-refractivity contribution in [3.8, 4) is 0 Å². The molecule has 150 valence electrons. The second-order valence-corrected chi connectivity index (χ2v) is 9.61. The third-order valence-corrected chi connectivity index (χ3v) is 7.34. The van der Waals surface area contributed by atoms with Gasteiger partial charge in [-0.05, 0) is 24.7 Å². The van der Waals surface area contributed by atoms with Gasteiger partial charge in [-0.3, -0.25) is 4.79 Å². The van der Waals surface area contributed by atoms with Crippen LogP contribution in [-0.4, -0.2) is 50.3 Å². The van der Waals surface area contributed by atoms with Crippen molar-refractivity contribution in [2.75, 3.05) is 18.6 Å². The van der Waals surface area contributed by atoms with Gasteiger partial charge >= 0.3 is 5.97 Å².